The van der Waals surface area contributed by atoms with Crippen LogP contribution in [0, 0.1) is 0 Å². The molecule has 4 aromatic carbocycles. The van der Waals surface area contributed by atoms with Gasteiger partial charge in [0.05, 0.1) is 7.11 Å². The lowest BCUT2D eigenvalue weighted by atomic mass is 9.65. The van der Waals surface area contributed by atoms with Crippen LogP contribution in [0.5, 0.6) is 23.0 Å². The van der Waals surface area contributed by atoms with Crippen molar-refractivity contribution in [1.29, 1.82) is 0 Å². The van der Waals surface area contributed by atoms with Crippen molar-refractivity contribution in [3.63, 3.8) is 0 Å². The summed E-state index contributed by atoms with van der Waals surface area (Å²) in [7, 11) is 1.69. The molecule has 2 aliphatic carbocycles. The SMILES string of the molecule is COc1ccc(C2(c3ccc(OC(=O)Oc4ccc(C5(c6ccc(O)cc6)CCCCC5)cc4)cc3)CCCCC2)cc1. The van der Waals surface area contributed by atoms with Gasteiger partial charge < -0.3 is 19.3 Å². The van der Waals surface area contributed by atoms with Gasteiger partial charge >= 0.3 is 6.16 Å². The largest absolute Gasteiger partial charge is 0.519 e. The summed E-state index contributed by atoms with van der Waals surface area (Å²) in [6, 6.07) is 31.7. The molecule has 0 unspecified atom stereocenters. The molecule has 6 rings (SSSR count). The first-order valence-electron chi connectivity index (χ1n) is 15.6. The molecule has 0 spiro atoms. The minimum Gasteiger partial charge on any atom is -0.508 e. The zero-order chi connectivity index (χ0) is 29.7. The molecule has 0 radical (unpaired) electrons. The van der Waals surface area contributed by atoms with Crippen molar-refractivity contribution in [2.45, 2.75) is 75.0 Å². The number of benzene rings is 4. The molecule has 222 valence electrons. The standard InChI is InChI=1S/C38H40O5/c1-41-33-18-10-29(11-19-33)38(26-6-3-7-27-38)31-14-22-35(23-15-31)43-36(40)42-34-20-12-30(13-21-34)37(24-4-2-5-25-37)28-8-16-32(39)17-9-28/h8-23,39H,2-7,24-27H2,1H3. The second-order valence-corrected chi connectivity index (χ2v) is 12.1. The Hall–Kier alpha value is -4.25. The number of aromatic hydroxyl groups is 1. The van der Waals surface area contributed by atoms with E-state index in [4.69, 9.17) is 14.2 Å². The summed E-state index contributed by atoms with van der Waals surface area (Å²) in [5.41, 5.74) is 4.78. The molecule has 43 heavy (non-hydrogen) atoms. The lowest BCUT2D eigenvalue weighted by Crippen LogP contribution is -2.30. The molecule has 0 bridgehead atoms. The number of carbonyl (C=O) groups excluding carboxylic acids is 1. The molecule has 2 fully saturated rings. The zero-order valence-corrected chi connectivity index (χ0v) is 24.9. The van der Waals surface area contributed by atoms with Crippen LogP contribution in [0.1, 0.15) is 86.5 Å². The van der Waals surface area contributed by atoms with Gasteiger partial charge in [-0.1, -0.05) is 87.1 Å². The quantitative estimate of drug-likeness (QED) is 0.175. The van der Waals surface area contributed by atoms with Crippen molar-refractivity contribution in [3.8, 4) is 23.0 Å². The molecule has 2 saturated carbocycles. The summed E-state index contributed by atoms with van der Waals surface area (Å²) >= 11 is 0. The molecule has 0 saturated heterocycles. The summed E-state index contributed by atoms with van der Waals surface area (Å²) in [6.45, 7) is 0. The average molecular weight is 577 g/mol. The van der Waals surface area contributed by atoms with Gasteiger partial charge in [-0.15, -0.1) is 0 Å². The van der Waals surface area contributed by atoms with Gasteiger partial charge in [-0.2, -0.15) is 0 Å². The van der Waals surface area contributed by atoms with Crippen LogP contribution in [0.15, 0.2) is 97.1 Å². The van der Waals surface area contributed by atoms with Crippen LogP contribution in [-0.2, 0) is 10.8 Å². The maximum Gasteiger partial charge on any atom is 0.519 e. The van der Waals surface area contributed by atoms with Crippen LogP contribution in [0.4, 0.5) is 4.79 Å². The number of ether oxygens (including phenoxy) is 3. The Morgan fingerprint density at radius 3 is 1.19 bits per heavy atom. The van der Waals surface area contributed by atoms with Crippen molar-refractivity contribution in [2.75, 3.05) is 7.11 Å². The monoisotopic (exact) mass is 576 g/mol. The fourth-order valence-electron chi connectivity index (χ4n) is 7.39. The Kier molecular flexibility index (Phi) is 8.42. The van der Waals surface area contributed by atoms with E-state index in [0.717, 1.165) is 44.3 Å². The average Bonchev–Trinajstić information content (AvgIpc) is 3.06. The Morgan fingerprint density at radius 2 is 0.837 bits per heavy atom. The summed E-state index contributed by atoms with van der Waals surface area (Å²) in [6.07, 6.45) is 10.7. The molecule has 0 heterocycles. The maximum atomic E-state index is 12.7. The highest BCUT2D eigenvalue weighted by molar-refractivity contribution is 5.67. The molecule has 4 aromatic rings. The fraction of sp³-hybridized carbons (Fsp3) is 0.342. The van der Waals surface area contributed by atoms with Crippen molar-refractivity contribution >= 4 is 6.16 Å². The second kappa shape index (κ2) is 12.5. The molecular weight excluding hydrogens is 536 g/mol. The third-order valence-corrected chi connectivity index (χ3v) is 9.69. The molecule has 1 N–H and O–H groups in total. The van der Waals surface area contributed by atoms with E-state index >= 15 is 0 Å². The summed E-state index contributed by atoms with van der Waals surface area (Å²) in [5, 5.41) is 9.82. The lowest BCUT2D eigenvalue weighted by Gasteiger charge is -2.38. The van der Waals surface area contributed by atoms with E-state index in [-0.39, 0.29) is 16.6 Å². The Balaban J connectivity index is 1.14. The first kappa shape index (κ1) is 28.9. The van der Waals surface area contributed by atoms with Gasteiger partial charge in [0.15, 0.2) is 0 Å². The van der Waals surface area contributed by atoms with Gasteiger partial charge in [0.2, 0.25) is 0 Å². The van der Waals surface area contributed by atoms with E-state index in [1.807, 2.05) is 48.5 Å². The summed E-state index contributed by atoms with van der Waals surface area (Å²) < 4.78 is 16.5. The molecular formula is C38H40O5. The van der Waals surface area contributed by atoms with Crippen LogP contribution in [-0.4, -0.2) is 18.4 Å². The highest BCUT2D eigenvalue weighted by Gasteiger charge is 2.37. The topological polar surface area (TPSA) is 65.0 Å². The Labute approximate surface area is 254 Å². The summed E-state index contributed by atoms with van der Waals surface area (Å²) in [5.74, 6) is 2.04. The highest BCUT2D eigenvalue weighted by Crippen LogP contribution is 2.47. The molecule has 5 nitrogen and oxygen atoms in total. The molecule has 2 aliphatic rings. The van der Waals surface area contributed by atoms with Crippen LogP contribution in [0.2, 0.25) is 0 Å². The third-order valence-electron chi connectivity index (χ3n) is 9.69. The molecule has 5 heteroatoms. The normalized spacial score (nSPS) is 17.5. The summed E-state index contributed by atoms with van der Waals surface area (Å²) in [4.78, 5) is 12.7. The van der Waals surface area contributed by atoms with E-state index in [2.05, 4.69) is 36.4 Å². The third kappa shape index (κ3) is 5.99. The van der Waals surface area contributed by atoms with Crippen LogP contribution < -0.4 is 14.2 Å². The van der Waals surface area contributed by atoms with Gasteiger partial charge in [-0.25, -0.2) is 4.79 Å². The van der Waals surface area contributed by atoms with Gasteiger partial charge in [0, 0.05) is 10.8 Å². The van der Waals surface area contributed by atoms with Crippen molar-refractivity contribution in [1.82, 2.24) is 0 Å². The first-order chi connectivity index (χ1) is 21.0. The second-order valence-electron chi connectivity index (χ2n) is 12.1. The highest BCUT2D eigenvalue weighted by atomic mass is 16.7. The Bertz CT molecular complexity index is 1490. The molecule has 0 amide bonds. The van der Waals surface area contributed by atoms with Gasteiger partial charge in [-0.3, -0.25) is 0 Å². The smallest absolute Gasteiger partial charge is 0.508 e. The molecule has 0 atom stereocenters. The van der Waals surface area contributed by atoms with E-state index in [9.17, 15) is 9.90 Å². The lowest BCUT2D eigenvalue weighted by molar-refractivity contribution is 0.152. The number of rotatable bonds is 7. The maximum absolute atomic E-state index is 12.7. The van der Waals surface area contributed by atoms with Crippen LogP contribution in [0.3, 0.4) is 0 Å². The zero-order valence-electron chi connectivity index (χ0n) is 24.9. The number of carbonyl (C=O) groups is 1. The van der Waals surface area contributed by atoms with Crippen molar-refractivity contribution < 1.29 is 24.1 Å². The van der Waals surface area contributed by atoms with E-state index in [1.54, 1.807) is 19.2 Å². The number of phenols is 1. The van der Waals surface area contributed by atoms with E-state index < -0.39 is 6.16 Å². The number of hydrogen-bond donors (Lipinski definition) is 1. The van der Waals surface area contributed by atoms with Gasteiger partial charge in [0.25, 0.3) is 0 Å². The first-order valence-corrected chi connectivity index (χ1v) is 15.6. The number of hydrogen-bond acceptors (Lipinski definition) is 5. The molecule has 0 aromatic heterocycles. The number of phenolic OH excluding ortho intramolecular Hbond substituents is 1. The molecule has 0 aliphatic heterocycles. The minimum absolute atomic E-state index is 0.0544. The predicted octanol–water partition coefficient (Wildman–Crippen LogP) is 9.48. The van der Waals surface area contributed by atoms with Crippen molar-refractivity contribution in [2.24, 2.45) is 0 Å². The Morgan fingerprint density at radius 1 is 0.512 bits per heavy atom. The number of methoxy groups -OCH3 is 1. The van der Waals surface area contributed by atoms with Crippen LogP contribution in [0.25, 0.3) is 0 Å². The van der Waals surface area contributed by atoms with E-state index in [1.165, 1.54) is 47.9 Å². The van der Waals surface area contributed by atoms with Gasteiger partial charge in [-0.05, 0) is 96.5 Å². The predicted molar refractivity (Wildman–Crippen MR) is 168 cm³/mol. The van der Waals surface area contributed by atoms with Gasteiger partial charge in [0.1, 0.15) is 23.0 Å². The van der Waals surface area contributed by atoms with Crippen molar-refractivity contribution in [3.05, 3.63) is 119 Å². The van der Waals surface area contributed by atoms with Crippen LogP contribution >= 0.6 is 0 Å². The fourth-order valence-corrected chi connectivity index (χ4v) is 7.39. The van der Waals surface area contributed by atoms with E-state index in [0.29, 0.717) is 11.5 Å². The minimum atomic E-state index is -0.756.